The van der Waals surface area contributed by atoms with Crippen LogP contribution >= 0.6 is 0 Å². The Morgan fingerprint density at radius 1 is 1.00 bits per heavy atom. The number of ether oxygens (including phenoxy) is 1. The summed E-state index contributed by atoms with van der Waals surface area (Å²) < 4.78 is 76.7. The van der Waals surface area contributed by atoms with Gasteiger partial charge in [-0.2, -0.15) is 0 Å². The van der Waals surface area contributed by atoms with E-state index in [1.54, 1.807) is 24.3 Å². The van der Waals surface area contributed by atoms with Crippen molar-refractivity contribution in [3.63, 3.8) is 0 Å². The number of nitrogens with one attached hydrogen (secondary N) is 2. The van der Waals surface area contributed by atoms with Crippen LogP contribution < -0.4 is 15.4 Å². The number of nitrogens with zero attached hydrogens (tertiary/aromatic N) is 3. The lowest BCUT2D eigenvalue weighted by atomic mass is 10.0. The van der Waals surface area contributed by atoms with Crippen molar-refractivity contribution in [2.45, 2.75) is 36.0 Å². The van der Waals surface area contributed by atoms with Gasteiger partial charge in [-0.15, -0.1) is 0 Å². The summed E-state index contributed by atoms with van der Waals surface area (Å²) in [7, 11) is -4.15. The van der Waals surface area contributed by atoms with Gasteiger partial charge in [-0.05, 0) is 79.7 Å². The molecule has 5 aromatic rings. The second-order valence-corrected chi connectivity index (χ2v) is 13.9. The number of carbonyl (C=O) groups is 3. The highest BCUT2D eigenvalue weighted by Crippen LogP contribution is 2.33. The quantitative estimate of drug-likeness (QED) is 0.194. The Morgan fingerprint density at radius 2 is 1.67 bits per heavy atom. The van der Waals surface area contributed by atoms with Crippen LogP contribution in [0.15, 0.2) is 108 Å². The Balaban J connectivity index is 1.15. The van der Waals surface area contributed by atoms with Gasteiger partial charge in [0.05, 0.1) is 35.2 Å². The molecule has 0 spiro atoms. The second-order valence-electron chi connectivity index (χ2n) is 12.1. The van der Waals surface area contributed by atoms with Gasteiger partial charge in [-0.1, -0.05) is 18.2 Å². The predicted molar refractivity (Wildman–Crippen MR) is 180 cm³/mol. The van der Waals surface area contributed by atoms with Crippen LogP contribution in [0.4, 0.5) is 13.2 Å². The molecule has 1 unspecified atom stereocenters. The third-order valence-electron chi connectivity index (χ3n) is 8.49. The molecule has 264 valence electrons. The van der Waals surface area contributed by atoms with E-state index in [0.717, 1.165) is 8.87 Å². The van der Waals surface area contributed by atoms with E-state index in [1.165, 1.54) is 86.0 Å². The molecular formula is C36H32F3N5O6S. The standard InChI is InChI=1S/C36H32F3N5O6S/c1-23(31-17-25-19-40-16-15-30(25)44(31)51(48,49)29-5-3-2-4-6-29)42-35(47)32-18-36(39,21-37)22-43(32)33(45)20-41-34(46)24-7-11-27(12-8-24)50-28-13-9-26(38)10-14-28/h2-17,19,23,32H,18,20-22H2,1H3,(H,41,46)(H,42,47)/t23?,32-,36-/m0/s1. The van der Waals surface area contributed by atoms with E-state index in [0.29, 0.717) is 22.4 Å². The Morgan fingerprint density at radius 3 is 2.33 bits per heavy atom. The monoisotopic (exact) mass is 719 g/mol. The number of alkyl halides is 2. The van der Waals surface area contributed by atoms with Crippen LogP contribution in [0.1, 0.15) is 35.4 Å². The summed E-state index contributed by atoms with van der Waals surface area (Å²) in [5.41, 5.74) is -1.86. The van der Waals surface area contributed by atoms with Crippen molar-refractivity contribution in [2.75, 3.05) is 19.8 Å². The average molecular weight is 720 g/mol. The summed E-state index contributed by atoms with van der Waals surface area (Å²) in [5.74, 6) is -1.98. The molecule has 3 aromatic carbocycles. The second kappa shape index (κ2) is 14.3. The fraction of sp³-hybridized carbons (Fsp3) is 0.222. The number of aromatic nitrogens is 2. The van der Waals surface area contributed by atoms with Gasteiger partial charge >= 0.3 is 0 Å². The Bertz CT molecular complexity index is 2180. The van der Waals surface area contributed by atoms with Crippen LogP contribution in [0, 0.1) is 5.82 Å². The Kier molecular flexibility index (Phi) is 9.83. The lowest BCUT2D eigenvalue weighted by molar-refractivity contribution is -0.138. The first kappa shape index (κ1) is 35.1. The van der Waals surface area contributed by atoms with Gasteiger partial charge in [0, 0.05) is 29.8 Å². The molecule has 1 fully saturated rings. The topological polar surface area (TPSA) is 140 Å². The summed E-state index contributed by atoms with van der Waals surface area (Å²) >= 11 is 0. The molecule has 0 radical (unpaired) electrons. The molecular weight excluding hydrogens is 687 g/mol. The molecule has 3 amide bonds. The number of carbonyl (C=O) groups excluding carboxylic acids is 3. The number of rotatable bonds is 11. The maximum Gasteiger partial charge on any atom is 0.268 e. The number of halogens is 3. The molecule has 51 heavy (non-hydrogen) atoms. The number of amides is 3. The van der Waals surface area contributed by atoms with Crippen molar-refractivity contribution in [2.24, 2.45) is 0 Å². The smallest absolute Gasteiger partial charge is 0.268 e. The zero-order chi connectivity index (χ0) is 36.3. The van der Waals surface area contributed by atoms with Crippen LogP contribution in [0.2, 0.25) is 0 Å². The van der Waals surface area contributed by atoms with Gasteiger partial charge in [-0.3, -0.25) is 19.4 Å². The fourth-order valence-corrected chi connectivity index (χ4v) is 7.53. The van der Waals surface area contributed by atoms with Crippen LogP contribution in [-0.2, 0) is 19.6 Å². The molecule has 6 rings (SSSR count). The van der Waals surface area contributed by atoms with Crippen molar-refractivity contribution in [3.05, 3.63) is 120 Å². The molecule has 2 aromatic heterocycles. The van der Waals surface area contributed by atoms with Crippen molar-refractivity contribution < 1.29 is 40.7 Å². The van der Waals surface area contributed by atoms with Gasteiger partial charge in [-0.25, -0.2) is 25.6 Å². The van der Waals surface area contributed by atoms with Gasteiger partial charge in [0.2, 0.25) is 11.8 Å². The number of fused-ring (bicyclic) bond motifs is 1. The highest BCUT2D eigenvalue weighted by Gasteiger charge is 2.49. The third-order valence-corrected chi connectivity index (χ3v) is 10.2. The lowest BCUT2D eigenvalue weighted by Gasteiger charge is -2.26. The summed E-state index contributed by atoms with van der Waals surface area (Å²) in [5, 5.41) is 5.60. The van der Waals surface area contributed by atoms with Crippen LogP contribution in [0.25, 0.3) is 10.9 Å². The number of pyridine rings is 1. The zero-order valence-corrected chi connectivity index (χ0v) is 27.9. The zero-order valence-electron chi connectivity index (χ0n) is 27.1. The molecule has 11 nitrogen and oxygen atoms in total. The van der Waals surface area contributed by atoms with Crippen LogP contribution in [0.5, 0.6) is 11.5 Å². The number of hydrogen-bond donors (Lipinski definition) is 2. The van der Waals surface area contributed by atoms with Gasteiger partial charge < -0.3 is 20.3 Å². The summed E-state index contributed by atoms with van der Waals surface area (Å²) in [4.78, 5) is 44.7. The summed E-state index contributed by atoms with van der Waals surface area (Å²) in [6, 6.07) is 19.6. The Hall–Kier alpha value is -5.70. The molecule has 0 saturated carbocycles. The maximum atomic E-state index is 15.4. The fourth-order valence-electron chi connectivity index (χ4n) is 5.91. The number of likely N-dealkylation sites (tertiary alicyclic amines) is 1. The predicted octanol–water partition coefficient (Wildman–Crippen LogP) is 5.09. The van der Waals surface area contributed by atoms with Crippen LogP contribution in [0.3, 0.4) is 0 Å². The van der Waals surface area contributed by atoms with Crippen molar-refractivity contribution >= 4 is 38.6 Å². The van der Waals surface area contributed by atoms with E-state index >= 15 is 4.39 Å². The minimum absolute atomic E-state index is 0.00753. The molecule has 1 saturated heterocycles. The van der Waals surface area contributed by atoms with E-state index in [2.05, 4.69) is 15.6 Å². The van der Waals surface area contributed by atoms with Crippen molar-refractivity contribution in [1.29, 1.82) is 0 Å². The third kappa shape index (κ3) is 7.43. The molecule has 1 aliphatic rings. The molecule has 0 aliphatic carbocycles. The molecule has 1 aliphatic heterocycles. The van der Waals surface area contributed by atoms with Crippen molar-refractivity contribution in [1.82, 2.24) is 24.5 Å². The normalized spacial score (nSPS) is 18.0. The minimum atomic E-state index is -4.15. The first-order valence-corrected chi connectivity index (χ1v) is 17.2. The van der Waals surface area contributed by atoms with E-state index < -0.39 is 77.5 Å². The van der Waals surface area contributed by atoms with E-state index in [1.807, 2.05) is 0 Å². The van der Waals surface area contributed by atoms with Gasteiger partial charge in [0.1, 0.15) is 30.0 Å². The summed E-state index contributed by atoms with van der Waals surface area (Å²) in [6.45, 7) is -1.27. The van der Waals surface area contributed by atoms with Gasteiger partial charge in [0.15, 0.2) is 5.67 Å². The largest absolute Gasteiger partial charge is 0.457 e. The highest BCUT2D eigenvalue weighted by molar-refractivity contribution is 7.90. The van der Waals surface area contributed by atoms with Gasteiger partial charge in [0.25, 0.3) is 15.9 Å². The average Bonchev–Trinajstić information content (AvgIpc) is 3.72. The molecule has 0 bridgehead atoms. The minimum Gasteiger partial charge on any atom is -0.457 e. The van der Waals surface area contributed by atoms with E-state index in [4.69, 9.17) is 4.74 Å². The lowest BCUT2D eigenvalue weighted by Crippen LogP contribution is -2.49. The maximum absolute atomic E-state index is 15.4. The van der Waals surface area contributed by atoms with Crippen LogP contribution in [-0.4, -0.2) is 71.5 Å². The summed E-state index contributed by atoms with van der Waals surface area (Å²) in [6.07, 6.45) is 2.27. The molecule has 3 heterocycles. The first-order chi connectivity index (χ1) is 24.4. The van der Waals surface area contributed by atoms with Crippen molar-refractivity contribution in [3.8, 4) is 11.5 Å². The SMILES string of the molecule is CC(NC(=O)[C@@H]1C[C@](F)(CF)CN1C(=O)CNC(=O)c1ccc(Oc2ccc(F)cc2)cc1)c1cc2cnccc2n1S(=O)(=O)c1ccccc1. The Labute approximate surface area is 291 Å². The van der Waals surface area contributed by atoms with E-state index in [-0.39, 0.29) is 16.2 Å². The first-order valence-electron chi connectivity index (χ1n) is 15.8. The van der Waals surface area contributed by atoms with E-state index in [9.17, 15) is 31.6 Å². The molecule has 15 heteroatoms. The number of hydrogen-bond acceptors (Lipinski definition) is 7. The molecule has 2 N–H and O–H groups in total. The molecule has 3 atom stereocenters. The number of benzene rings is 3. The highest BCUT2D eigenvalue weighted by atomic mass is 32.2.